The fraction of sp³-hybridized carbons (Fsp3) is 0.400. The van der Waals surface area contributed by atoms with E-state index in [1.165, 1.54) is 18.0 Å². The lowest BCUT2D eigenvalue weighted by Gasteiger charge is -2.10. The molecule has 0 saturated heterocycles. The zero-order valence-corrected chi connectivity index (χ0v) is 12.1. The van der Waals surface area contributed by atoms with Crippen LogP contribution in [0.25, 0.3) is 0 Å². The molecular formula is C10H11BrN2O4S. The summed E-state index contributed by atoms with van der Waals surface area (Å²) in [6.07, 6.45) is 1.20. The molecule has 0 radical (unpaired) electrons. The van der Waals surface area contributed by atoms with Crippen LogP contribution in [0.15, 0.2) is 15.7 Å². The van der Waals surface area contributed by atoms with Crippen LogP contribution in [0.5, 0.6) is 0 Å². The van der Waals surface area contributed by atoms with Gasteiger partial charge in [-0.1, -0.05) is 6.92 Å². The van der Waals surface area contributed by atoms with Gasteiger partial charge in [0, 0.05) is 10.8 Å². The molecule has 0 saturated carbocycles. The molecule has 0 bridgehead atoms. The van der Waals surface area contributed by atoms with Gasteiger partial charge in [0.2, 0.25) is 0 Å². The fourth-order valence-corrected chi connectivity index (χ4v) is 2.85. The number of carboxylic acid groups (broad SMARTS) is 1. The van der Waals surface area contributed by atoms with Gasteiger partial charge < -0.3 is 5.11 Å². The maximum absolute atomic E-state index is 10.7. The van der Waals surface area contributed by atoms with Gasteiger partial charge in [0.25, 0.3) is 5.69 Å². The maximum atomic E-state index is 10.7. The summed E-state index contributed by atoms with van der Waals surface area (Å²) in [4.78, 5) is 24.8. The number of nitro groups is 1. The lowest BCUT2D eigenvalue weighted by molar-refractivity contribution is -0.385. The quantitative estimate of drug-likeness (QED) is 0.505. The smallest absolute Gasteiger partial charge is 0.304 e. The second kappa shape index (κ2) is 6.14. The van der Waals surface area contributed by atoms with Crippen LogP contribution in [0.4, 0.5) is 5.69 Å². The number of hydrogen-bond donors (Lipinski definition) is 1. The van der Waals surface area contributed by atoms with Crippen molar-refractivity contribution >= 4 is 39.3 Å². The Kier molecular flexibility index (Phi) is 5.09. The highest BCUT2D eigenvalue weighted by Crippen LogP contribution is 2.35. The van der Waals surface area contributed by atoms with Crippen LogP contribution in [0, 0.1) is 17.0 Å². The average Bonchev–Trinajstić information content (AvgIpc) is 2.23. The molecule has 1 unspecified atom stereocenters. The van der Waals surface area contributed by atoms with E-state index in [4.69, 9.17) is 5.11 Å². The first kappa shape index (κ1) is 14.9. The highest BCUT2D eigenvalue weighted by Gasteiger charge is 2.19. The number of carbonyl (C=O) groups is 1. The van der Waals surface area contributed by atoms with Crippen molar-refractivity contribution in [3.05, 3.63) is 26.3 Å². The van der Waals surface area contributed by atoms with Crippen molar-refractivity contribution in [2.45, 2.75) is 30.5 Å². The van der Waals surface area contributed by atoms with E-state index < -0.39 is 10.9 Å². The number of aromatic nitrogens is 1. The number of thioether (sulfide) groups is 1. The van der Waals surface area contributed by atoms with Gasteiger partial charge in [-0.15, -0.1) is 11.8 Å². The lowest BCUT2D eigenvalue weighted by Crippen LogP contribution is -2.06. The molecule has 1 rings (SSSR count). The number of nitrogens with zero attached hydrogens (tertiary/aromatic N) is 2. The summed E-state index contributed by atoms with van der Waals surface area (Å²) in [5.74, 6) is -0.884. The van der Waals surface area contributed by atoms with E-state index >= 15 is 0 Å². The molecule has 8 heteroatoms. The van der Waals surface area contributed by atoms with E-state index in [1.807, 2.05) is 0 Å². The van der Waals surface area contributed by atoms with E-state index in [2.05, 4.69) is 20.9 Å². The minimum absolute atomic E-state index is 0.00875. The van der Waals surface area contributed by atoms with E-state index in [1.54, 1.807) is 13.8 Å². The fourth-order valence-electron chi connectivity index (χ4n) is 1.29. The SMILES string of the molecule is Cc1c([N+](=O)[O-])cnc(SC(C)CC(=O)O)c1Br. The highest BCUT2D eigenvalue weighted by atomic mass is 79.9. The van der Waals surface area contributed by atoms with E-state index in [-0.39, 0.29) is 17.4 Å². The maximum Gasteiger partial charge on any atom is 0.304 e. The molecule has 1 atom stereocenters. The van der Waals surface area contributed by atoms with E-state index in [0.29, 0.717) is 15.1 Å². The summed E-state index contributed by atoms with van der Waals surface area (Å²) in [5.41, 5.74) is 0.428. The van der Waals surface area contributed by atoms with Gasteiger partial charge in [0.05, 0.1) is 15.8 Å². The van der Waals surface area contributed by atoms with E-state index in [0.717, 1.165) is 0 Å². The summed E-state index contributed by atoms with van der Waals surface area (Å²) in [6, 6.07) is 0. The summed E-state index contributed by atoms with van der Waals surface area (Å²) in [7, 11) is 0. The first-order valence-electron chi connectivity index (χ1n) is 5.00. The Bertz CT molecular complexity index is 495. The van der Waals surface area contributed by atoms with Gasteiger partial charge in [0.15, 0.2) is 0 Å². The largest absolute Gasteiger partial charge is 0.481 e. The Morgan fingerprint density at radius 1 is 1.72 bits per heavy atom. The van der Waals surface area contributed by atoms with Crippen LogP contribution < -0.4 is 0 Å². The topological polar surface area (TPSA) is 93.3 Å². The Labute approximate surface area is 116 Å². The standard InChI is InChI=1S/C10H11BrN2O4S/c1-5(3-8(14)15)18-10-9(11)6(2)7(4-12-10)13(16)17/h4-5H,3H2,1-2H3,(H,14,15). The van der Waals surface area contributed by atoms with Crippen molar-refractivity contribution in [3.8, 4) is 0 Å². The molecule has 1 heterocycles. The molecule has 0 aromatic carbocycles. The summed E-state index contributed by atoms with van der Waals surface area (Å²) in [5, 5.41) is 19.8. The molecule has 0 fully saturated rings. The number of carboxylic acids is 1. The molecule has 0 aliphatic rings. The molecule has 0 amide bonds. The van der Waals surface area contributed by atoms with Crippen molar-refractivity contribution in [1.82, 2.24) is 4.98 Å². The average molecular weight is 335 g/mol. The minimum atomic E-state index is -0.884. The number of aliphatic carboxylic acids is 1. The first-order chi connectivity index (χ1) is 8.32. The zero-order chi connectivity index (χ0) is 13.9. The summed E-state index contributed by atoms with van der Waals surface area (Å²) < 4.78 is 0.541. The third-order valence-corrected chi connectivity index (χ3v) is 4.51. The van der Waals surface area contributed by atoms with Gasteiger partial charge in [0.1, 0.15) is 11.2 Å². The van der Waals surface area contributed by atoms with E-state index in [9.17, 15) is 14.9 Å². The lowest BCUT2D eigenvalue weighted by atomic mass is 10.2. The molecule has 0 aliphatic carbocycles. The summed E-state index contributed by atoms with van der Waals surface area (Å²) in [6.45, 7) is 3.39. The number of halogens is 1. The van der Waals surface area contributed by atoms with Crippen LogP contribution in [0.1, 0.15) is 18.9 Å². The normalized spacial score (nSPS) is 12.2. The van der Waals surface area contributed by atoms with Gasteiger partial charge >= 0.3 is 5.97 Å². The van der Waals surface area contributed by atoms with Crippen molar-refractivity contribution in [3.63, 3.8) is 0 Å². The van der Waals surface area contributed by atoms with Crippen LogP contribution in [-0.2, 0) is 4.79 Å². The second-order valence-corrected chi connectivity index (χ2v) is 5.89. The highest BCUT2D eigenvalue weighted by molar-refractivity contribution is 9.10. The van der Waals surface area contributed by atoms with Crippen molar-refractivity contribution in [2.75, 3.05) is 0 Å². The molecule has 1 N–H and O–H groups in total. The predicted octanol–water partition coefficient (Wildman–Crippen LogP) is 3.02. The van der Waals surface area contributed by atoms with Gasteiger partial charge in [-0.2, -0.15) is 0 Å². The monoisotopic (exact) mass is 334 g/mol. The molecule has 6 nitrogen and oxygen atoms in total. The summed E-state index contributed by atoms with van der Waals surface area (Å²) >= 11 is 4.53. The number of rotatable bonds is 5. The van der Waals surface area contributed by atoms with Crippen LogP contribution in [0.3, 0.4) is 0 Å². The minimum Gasteiger partial charge on any atom is -0.481 e. The zero-order valence-electron chi connectivity index (χ0n) is 9.71. The van der Waals surface area contributed by atoms with Gasteiger partial charge in [-0.3, -0.25) is 14.9 Å². The van der Waals surface area contributed by atoms with Gasteiger partial charge in [-0.25, -0.2) is 4.98 Å². The molecule has 1 aromatic rings. The Balaban J connectivity index is 2.95. The van der Waals surface area contributed by atoms with Crippen molar-refractivity contribution < 1.29 is 14.8 Å². The molecule has 18 heavy (non-hydrogen) atoms. The Hall–Kier alpha value is -1.15. The second-order valence-electron chi connectivity index (χ2n) is 3.67. The van der Waals surface area contributed by atoms with Crippen LogP contribution in [-0.4, -0.2) is 26.2 Å². The third-order valence-electron chi connectivity index (χ3n) is 2.18. The van der Waals surface area contributed by atoms with Gasteiger partial charge in [-0.05, 0) is 22.9 Å². The molecule has 1 aromatic heterocycles. The van der Waals surface area contributed by atoms with Crippen molar-refractivity contribution in [1.29, 1.82) is 0 Å². The predicted molar refractivity (Wildman–Crippen MR) is 70.9 cm³/mol. The first-order valence-corrected chi connectivity index (χ1v) is 6.68. The Morgan fingerprint density at radius 2 is 2.33 bits per heavy atom. The molecule has 0 spiro atoms. The number of hydrogen-bond acceptors (Lipinski definition) is 5. The van der Waals surface area contributed by atoms with Crippen molar-refractivity contribution in [2.24, 2.45) is 0 Å². The van der Waals surface area contributed by atoms with Crippen LogP contribution in [0.2, 0.25) is 0 Å². The number of pyridine rings is 1. The molecular weight excluding hydrogens is 324 g/mol. The van der Waals surface area contributed by atoms with Crippen LogP contribution >= 0.6 is 27.7 Å². The third kappa shape index (κ3) is 3.67. The molecule has 0 aliphatic heterocycles. The Morgan fingerprint density at radius 3 is 2.83 bits per heavy atom. The molecule has 98 valence electrons.